The van der Waals surface area contributed by atoms with Crippen molar-refractivity contribution in [3.8, 4) is 0 Å². The highest BCUT2D eigenvalue weighted by molar-refractivity contribution is 5.77. The molecular weight excluding hydrogens is 228 g/mol. The summed E-state index contributed by atoms with van der Waals surface area (Å²) >= 11 is 0. The lowest BCUT2D eigenvalue weighted by atomic mass is 9.82. The van der Waals surface area contributed by atoms with E-state index in [1.807, 2.05) is 6.92 Å². The Morgan fingerprint density at radius 2 is 1.94 bits per heavy atom. The Morgan fingerprint density at radius 1 is 1.28 bits per heavy atom. The van der Waals surface area contributed by atoms with Crippen LogP contribution in [0.2, 0.25) is 0 Å². The topological polar surface area (TPSA) is 43.4 Å². The van der Waals surface area contributed by atoms with Crippen LogP contribution in [-0.4, -0.2) is 17.9 Å². The number of esters is 1. The van der Waals surface area contributed by atoms with Crippen LogP contribution in [0, 0.1) is 5.92 Å². The highest BCUT2D eigenvalue weighted by Gasteiger charge is 2.39. The smallest absolute Gasteiger partial charge is 0.309 e. The summed E-state index contributed by atoms with van der Waals surface area (Å²) in [6.45, 7) is 4.11. The third-order valence-corrected chi connectivity index (χ3v) is 4.42. The highest BCUT2D eigenvalue weighted by Crippen LogP contribution is 2.36. The van der Waals surface area contributed by atoms with Gasteiger partial charge < -0.3 is 4.74 Å². The van der Waals surface area contributed by atoms with Crippen LogP contribution in [0.1, 0.15) is 58.8 Å². The van der Waals surface area contributed by atoms with Gasteiger partial charge in [-0.15, -0.1) is 0 Å². The molecule has 0 aromatic heterocycles. The quantitative estimate of drug-likeness (QED) is 0.439. The van der Waals surface area contributed by atoms with E-state index in [-0.39, 0.29) is 11.9 Å². The van der Waals surface area contributed by atoms with Gasteiger partial charge in [0.25, 0.3) is 0 Å². The summed E-state index contributed by atoms with van der Waals surface area (Å²) in [6.07, 6.45) is 6.94. The molecule has 1 atom stereocenters. The zero-order valence-electron chi connectivity index (χ0n) is 11.3. The number of hydrogen-bond acceptors (Lipinski definition) is 3. The number of hydrogen-bond donors (Lipinski definition) is 0. The molecule has 2 aliphatic carbocycles. The van der Waals surface area contributed by atoms with Crippen LogP contribution < -0.4 is 0 Å². The summed E-state index contributed by atoms with van der Waals surface area (Å²) in [4.78, 5) is 23.5. The number of carbonyl (C=O) groups excluding carboxylic acids is 2. The van der Waals surface area contributed by atoms with Gasteiger partial charge >= 0.3 is 5.97 Å². The number of ether oxygens (including phenoxy) is 1. The summed E-state index contributed by atoms with van der Waals surface area (Å²) in [5.74, 6) is -0.138. The molecule has 0 amide bonds. The molecule has 0 aromatic rings. The number of aldehydes is 1. The van der Waals surface area contributed by atoms with E-state index in [9.17, 15) is 9.59 Å². The fourth-order valence-corrected chi connectivity index (χ4v) is 2.96. The Morgan fingerprint density at radius 3 is 2.50 bits per heavy atom. The van der Waals surface area contributed by atoms with Crippen LogP contribution in [0.4, 0.5) is 0 Å². The second kappa shape index (κ2) is 5.25. The first-order chi connectivity index (χ1) is 8.56. The van der Waals surface area contributed by atoms with Gasteiger partial charge in [0.05, 0.1) is 5.92 Å². The molecule has 100 valence electrons. The first-order valence-electron chi connectivity index (χ1n) is 6.91. The summed E-state index contributed by atoms with van der Waals surface area (Å²) < 4.78 is 5.59. The number of allylic oxidation sites excluding steroid dienone is 1. The van der Waals surface area contributed by atoms with Crippen LogP contribution in [0.5, 0.6) is 0 Å². The van der Waals surface area contributed by atoms with Gasteiger partial charge in [0, 0.05) is 6.42 Å². The molecule has 0 aromatic carbocycles. The maximum absolute atomic E-state index is 12.1. The van der Waals surface area contributed by atoms with Gasteiger partial charge in [0.15, 0.2) is 11.9 Å². The van der Waals surface area contributed by atoms with E-state index in [2.05, 4.69) is 6.92 Å². The van der Waals surface area contributed by atoms with Crippen molar-refractivity contribution in [3.05, 3.63) is 11.1 Å². The second-order valence-electron chi connectivity index (χ2n) is 5.82. The zero-order valence-corrected chi connectivity index (χ0v) is 11.3. The molecule has 1 unspecified atom stereocenters. The number of rotatable bonds is 3. The summed E-state index contributed by atoms with van der Waals surface area (Å²) in [6, 6.07) is 0. The van der Waals surface area contributed by atoms with Crippen molar-refractivity contribution in [2.24, 2.45) is 5.92 Å². The first-order valence-corrected chi connectivity index (χ1v) is 6.91. The van der Waals surface area contributed by atoms with Crippen LogP contribution in [0.15, 0.2) is 11.1 Å². The molecule has 3 heteroatoms. The average Bonchev–Trinajstić information content (AvgIpc) is 2.88. The lowest BCUT2D eigenvalue weighted by molar-refractivity contribution is -0.168. The van der Waals surface area contributed by atoms with Gasteiger partial charge in [-0.3, -0.25) is 9.59 Å². The fourth-order valence-electron chi connectivity index (χ4n) is 2.96. The summed E-state index contributed by atoms with van der Waals surface area (Å²) in [5.41, 5.74) is 1.63. The summed E-state index contributed by atoms with van der Waals surface area (Å²) in [5, 5.41) is 0. The van der Waals surface area contributed by atoms with E-state index in [1.54, 1.807) is 0 Å². The Kier molecular flexibility index (Phi) is 3.88. The number of carbonyl (C=O) groups is 2. The first kappa shape index (κ1) is 13.3. The van der Waals surface area contributed by atoms with E-state index >= 15 is 0 Å². The van der Waals surface area contributed by atoms with Crippen molar-refractivity contribution in [1.29, 1.82) is 0 Å². The molecule has 1 saturated carbocycles. The third kappa shape index (κ3) is 2.65. The van der Waals surface area contributed by atoms with Crippen molar-refractivity contribution in [3.63, 3.8) is 0 Å². The molecular formula is C15H22O3. The molecule has 1 fully saturated rings. The lowest BCUT2D eigenvalue weighted by Gasteiger charge is -2.33. The van der Waals surface area contributed by atoms with E-state index in [4.69, 9.17) is 4.74 Å². The normalized spacial score (nSPS) is 29.4. The fraction of sp³-hybridized carbons (Fsp3) is 0.733. The zero-order chi connectivity index (χ0) is 13.2. The molecule has 0 radical (unpaired) electrons. The van der Waals surface area contributed by atoms with E-state index in [1.165, 1.54) is 11.1 Å². The van der Waals surface area contributed by atoms with Gasteiger partial charge in [-0.1, -0.05) is 24.0 Å². The maximum atomic E-state index is 12.1. The maximum Gasteiger partial charge on any atom is 0.309 e. The standard InChI is InChI=1S/C15H22O3/c1-11-7-8-15(10-16,9-12(11)2)18-14(17)13-5-3-4-6-13/h10,13H,3-9H2,1-2H3. The van der Waals surface area contributed by atoms with Gasteiger partial charge in [-0.2, -0.15) is 0 Å². The van der Waals surface area contributed by atoms with E-state index in [0.717, 1.165) is 38.4 Å². The molecule has 0 saturated heterocycles. The van der Waals surface area contributed by atoms with Crippen molar-refractivity contribution in [2.45, 2.75) is 64.4 Å². The van der Waals surface area contributed by atoms with Crippen molar-refractivity contribution >= 4 is 12.3 Å². The van der Waals surface area contributed by atoms with E-state index in [0.29, 0.717) is 12.8 Å². The third-order valence-electron chi connectivity index (χ3n) is 4.42. The molecule has 3 nitrogen and oxygen atoms in total. The van der Waals surface area contributed by atoms with Gasteiger partial charge in [0.1, 0.15) is 0 Å². The molecule has 0 aliphatic heterocycles. The molecule has 0 bridgehead atoms. The predicted octanol–water partition coefficient (Wildman–Crippen LogP) is 3.18. The largest absolute Gasteiger partial charge is 0.451 e. The van der Waals surface area contributed by atoms with Crippen LogP contribution in [0.25, 0.3) is 0 Å². The molecule has 0 spiro atoms. The van der Waals surface area contributed by atoms with Crippen molar-refractivity contribution in [1.82, 2.24) is 0 Å². The second-order valence-corrected chi connectivity index (χ2v) is 5.82. The van der Waals surface area contributed by atoms with Crippen molar-refractivity contribution in [2.75, 3.05) is 0 Å². The molecule has 0 heterocycles. The summed E-state index contributed by atoms with van der Waals surface area (Å²) in [7, 11) is 0. The SMILES string of the molecule is CC1=C(C)CC(C=O)(OC(=O)C2CCCC2)CC1. The van der Waals surface area contributed by atoms with Crippen LogP contribution in [-0.2, 0) is 14.3 Å². The van der Waals surface area contributed by atoms with Gasteiger partial charge in [0.2, 0.25) is 0 Å². The van der Waals surface area contributed by atoms with Crippen LogP contribution >= 0.6 is 0 Å². The minimum absolute atomic E-state index is 0.0223. The minimum atomic E-state index is -0.886. The molecule has 0 N–H and O–H groups in total. The van der Waals surface area contributed by atoms with E-state index < -0.39 is 5.60 Å². The van der Waals surface area contributed by atoms with Gasteiger partial charge in [-0.05, 0) is 39.5 Å². The Hall–Kier alpha value is -1.12. The van der Waals surface area contributed by atoms with Gasteiger partial charge in [-0.25, -0.2) is 0 Å². The monoisotopic (exact) mass is 250 g/mol. The molecule has 2 aliphatic rings. The van der Waals surface area contributed by atoms with Crippen LogP contribution in [0.3, 0.4) is 0 Å². The minimum Gasteiger partial charge on any atom is -0.451 e. The van der Waals surface area contributed by atoms with Crippen molar-refractivity contribution < 1.29 is 14.3 Å². The Balaban J connectivity index is 2.05. The Bertz CT molecular complexity index is 377. The molecule has 2 rings (SSSR count). The molecule has 18 heavy (non-hydrogen) atoms. The average molecular weight is 250 g/mol. The Labute approximate surface area is 109 Å². The predicted molar refractivity (Wildman–Crippen MR) is 69.1 cm³/mol. The lowest BCUT2D eigenvalue weighted by Crippen LogP contribution is -2.40. The highest BCUT2D eigenvalue weighted by atomic mass is 16.6.